The van der Waals surface area contributed by atoms with E-state index in [1.807, 2.05) is 12.1 Å². The lowest BCUT2D eigenvalue weighted by molar-refractivity contribution is -0.120. The topological polar surface area (TPSA) is 56.1 Å². The van der Waals surface area contributed by atoms with Crippen molar-refractivity contribution in [2.45, 2.75) is 6.42 Å². The first-order valence-electron chi connectivity index (χ1n) is 5.31. The minimum atomic E-state index is 0.108. The minimum absolute atomic E-state index is 0.108. The zero-order valence-corrected chi connectivity index (χ0v) is 8.94. The number of amides is 1. The number of rotatable bonds is 1. The van der Waals surface area contributed by atoms with Crippen LogP contribution in [0.25, 0.3) is 0 Å². The Kier molecular flexibility index (Phi) is 3.06. The van der Waals surface area contributed by atoms with E-state index in [1.54, 1.807) is 12.1 Å². The quantitative estimate of drug-likeness (QED) is 0.756. The van der Waals surface area contributed by atoms with Crippen LogP contribution in [-0.2, 0) is 4.79 Å². The Morgan fingerprint density at radius 3 is 2.69 bits per heavy atom. The van der Waals surface area contributed by atoms with Crippen LogP contribution in [0.4, 0.5) is 5.69 Å². The molecule has 0 aliphatic carbocycles. The summed E-state index contributed by atoms with van der Waals surface area (Å²) in [7, 11) is 0. The lowest BCUT2D eigenvalue weighted by Crippen LogP contribution is -2.28. The second-order valence-electron chi connectivity index (χ2n) is 3.75. The first kappa shape index (κ1) is 10.5. The van der Waals surface area contributed by atoms with Crippen molar-refractivity contribution in [1.82, 2.24) is 5.32 Å². The van der Waals surface area contributed by atoms with Crippen LogP contribution in [0.1, 0.15) is 12.0 Å². The van der Waals surface area contributed by atoms with Crippen molar-refractivity contribution in [3.63, 3.8) is 0 Å². The third-order valence-electron chi connectivity index (χ3n) is 2.67. The van der Waals surface area contributed by atoms with E-state index in [1.165, 1.54) is 0 Å². The number of hydrogen-bond acceptors (Lipinski definition) is 3. The van der Waals surface area contributed by atoms with Crippen LogP contribution >= 0.6 is 0 Å². The first-order chi connectivity index (χ1) is 7.79. The smallest absolute Gasteiger partial charge is 0.221 e. The minimum Gasteiger partial charge on any atom is -0.369 e. The van der Waals surface area contributed by atoms with Crippen LogP contribution in [0.15, 0.2) is 24.3 Å². The number of hydrogen-bond donors (Lipinski definition) is 1. The van der Waals surface area contributed by atoms with E-state index in [4.69, 9.17) is 5.26 Å². The number of benzene rings is 1. The molecule has 1 fully saturated rings. The molecule has 1 aliphatic heterocycles. The van der Waals surface area contributed by atoms with Gasteiger partial charge >= 0.3 is 0 Å². The van der Waals surface area contributed by atoms with Gasteiger partial charge in [-0.05, 0) is 24.3 Å². The van der Waals surface area contributed by atoms with Gasteiger partial charge in [-0.3, -0.25) is 4.79 Å². The van der Waals surface area contributed by atoms with Gasteiger partial charge in [0.05, 0.1) is 11.6 Å². The molecule has 1 N–H and O–H groups in total. The van der Waals surface area contributed by atoms with Crippen molar-refractivity contribution >= 4 is 11.6 Å². The van der Waals surface area contributed by atoms with E-state index in [9.17, 15) is 4.79 Å². The molecule has 2 rings (SSSR count). The third-order valence-corrected chi connectivity index (χ3v) is 2.67. The van der Waals surface area contributed by atoms with Gasteiger partial charge in [0.25, 0.3) is 0 Å². The van der Waals surface area contributed by atoms with Gasteiger partial charge < -0.3 is 10.2 Å². The second-order valence-corrected chi connectivity index (χ2v) is 3.75. The predicted molar refractivity (Wildman–Crippen MR) is 61.0 cm³/mol. The molecule has 0 radical (unpaired) electrons. The van der Waals surface area contributed by atoms with Gasteiger partial charge in [0.1, 0.15) is 0 Å². The number of nitriles is 1. The SMILES string of the molecule is N#Cc1ccc(N2CCNC(=O)CC2)cc1. The molecular formula is C12H13N3O. The fraction of sp³-hybridized carbons (Fsp3) is 0.333. The van der Waals surface area contributed by atoms with E-state index in [2.05, 4.69) is 16.3 Å². The molecule has 82 valence electrons. The van der Waals surface area contributed by atoms with E-state index in [0.717, 1.165) is 18.8 Å². The van der Waals surface area contributed by atoms with Gasteiger partial charge in [-0.2, -0.15) is 5.26 Å². The van der Waals surface area contributed by atoms with Crippen molar-refractivity contribution in [2.75, 3.05) is 24.5 Å². The molecule has 0 spiro atoms. The fourth-order valence-corrected chi connectivity index (χ4v) is 1.77. The Hall–Kier alpha value is -2.02. The summed E-state index contributed by atoms with van der Waals surface area (Å²) in [6, 6.07) is 9.54. The van der Waals surface area contributed by atoms with E-state index in [0.29, 0.717) is 18.5 Å². The van der Waals surface area contributed by atoms with Gasteiger partial charge in [0.2, 0.25) is 5.91 Å². The summed E-state index contributed by atoms with van der Waals surface area (Å²) >= 11 is 0. The highest BCUT2D eigenvalue weighted by atomic mass is 16.1. The standard InChI is InChI=1S/C12H13N3O/c13-9-10-1-3-11(4-2-10)15-7-5-12(16)14-6-8-15/h1-4H,5-8H2,(H,14,16). The number of nitrogens with one attached hydrogen (secondary N) is 1. The molecule has 1 amide bonds. The first-order valence-corrected chi connectivity index (χ1v) is 5.31. The molecule has 4 nitrogen and oxygen atoms in total. The monoisotopic (exact) mass is 215 g/mol. The molecule has 0 atom stereocenters. The van der Waals surface area contributed by atoms with Gasteiger partial charge in [0, 0.05) is 31.7 Å². The molecule has 4 heteroatoms. The molecule has 0 aromatic heterocycles. The predicted octanol–water partition coefficient (Wildman–Crippen LogP) is 0.885. The molecule has 0 saturated carbocycles. The Balaban J connectivity index is 2.11. The molecule has 0 unspecified atom stereocenters. The van der Waals surface area contributed by atoms with Crippen molar-refractivity contribution in [1.29, 1.82) is 5.26 Å². The Labute approximate surface area is 94.5 Å². The van der Waals surface area contributed by atoms with Crippen LogP contribution in [0, 0.1) is 11.3 Å². The maximum Gasteiger partial charge on any atom is 0.221 e. The summed E-state index contributed by atoms with van der Waals surface area (Å²) in [4.78, 5) is 13.3. The normalized spacial score (nSPS) is 16.2. The Bertz CT molecular complexity index is 419. The van der Waals surface area contributed by atoms with Crippen LogP contribution in [0.3, 0.4) is 0 Å². The molecule has 16 heavy (non-hydrogen) atoms. The summed E-state index contributed by atoms with van der Waals surface area (Å²) in [6.07, 6.45) is 0.528. The summed E-state index contributed by atoms with van der Waals surface area (Å²) < 4.78 is 0. The summed E-state index contributed by atoms with van der Waals surface area (Å²) in [5.74, 6) is 0.108. The third kappa shape index (κ3) is 2.31. The van der Waals surface area contributed by atoms with Gasteiger partial charge in [-0.15, -0.1) is 0 Å². The van der Waals surface area contributed by atoms with E-state index in [-0.39, 0.29) is 5.91 Å². The molecule has 1 saturated heterocycles. The van der Waals surface area contributed by atoms with Crippen LogP contribution in [0.5, 0.6) is 0 Å². The molecule has 1 aromatic rings. The highest BCUT2D eigenvalue weighted by molar-refractivity contribution is 5.77. The van der Waals surface area contributed by atoms with Gasteiger partial charge in [-0.1, -0.05) is 0 Å². The van der Waals surface area contributed by atoms with Crippen molar-refractivity contribution in [3.8, 4) is 6.07 Å². The lowest BCUT2D eigenvalue weighted by atomic mass is 10.2. The summed E-state index contributed by atoms with van der Waals surface area (Å²) in [5.41, 5.74) is 1.73. The van der Waals surface area contributed by atoms with Crippen molar-refractivity contribution in [3.05, 3.63) is 29.8 Å². The van der Waals surface area contributed by atoms with E-state index < -0.39 is 0 Å². The molecule has 1 heterocycles. The number of nitrogens with zero attached hydrogens (tertiary/aromatic N) is 2. The van der Waals surface area contributed by atoms with E-state index >= 15 is 0 Å². The highest BCUT2D eigenvalue weighted by Gasteiger charge is 2.13. The Morgan fingerprint density at radius 2 is 2.00 bits per heavy atom. The summed E-state index contributed by atoms with van der Waals surface area (Å²) in [6.45, 7) is 2.23. The summed E-state index contributed by atoms with van der Waals surface area (Å²) in [5, 5.41) is 11.5. The van der Waals surface area contributed by atoms with Crippen LogP contribution in [0.2, 0.25) is 0 Å². The largest absolute Gasteiger partial charge is 0.369 e. The average molecular weight is 215 g/mol. The number of carbonyl (C=O) groups is 1. The molecule has 0 bridgehead atoms. The van der Waals surface area contributed by atoms with Gasteiger partial charge in [0.15, 0.2) is 0 Å². The van der Waals surface area contributed by atoms with Crippen LogP contribution < -0.4 is 10.2 Å². The number of anilines is 1. The molecular weight excluding hydrogens is 202 g/mol. The lowest BCUT2D eigenvalue weighted by Gasteiger charge is -2.21. The number of carbonyl (C=O) groups excluding carboxylic acids is 1. The molecule has 1 aliphatic rings. The van der Waals surface area contributed by atoms with Crippen LogP contribution in [-0.4, -0.2) is 25.5 Å². The van der Waals surface area contributed by atoms with Crippen molar-refractivity contribution < 1.29 is 4.79 Å². The highest BCUT2D eigenvalue weighted by Crippen LogP contribution is 2.15. The average Bonchev–Trinajstić information content (AvgIpc) is 2.54. The molecule has 1 aromatic carbocycles. The second kappa shape index (κ2) is 4.67. The zero-order chi connectivity index (χ0) is 11.4. The Morgan fingerprint density at radius 1 is 1.25 bits per heavy atom. The maximum atomic E-state index is 11.2. The van der Waals surface area contributed by atoms with Gasteiger partial charge in [-0.25, -0.2) is 0 Å². The zero-order valence-electron chi connectivity index (χ0n) is 8.94. The maximum absolute atomic E-state index is 11.2. The van der Waals surface area contributed by atoms with Crippen molar-refractivity contribution in [2.24, 2.45) is 0 Å². The fourth-order valence-electron chi connectivity index (χ4n) is 1.77.